The van der Waals surface area contributed by atoms with Gasteiger partial charge in [0.25, 0.3) is 5.91 Å². The average Bonchev–Trinajstić information content (AvgIpc) is 3.80. The van der Waals surface area contributed by atoms with Crippen LogP contribution in [0.25, 0.3) is 10.8 Å². The summed E-state index contributed by atoms with van der Waals surface area (Å²) in [6.45, 7) is 8.15. The molecule has 2 atom stereocenters. The van der Waals surface area contributed by atoms with Crippen molar-refractivity contribution in [1.29, 1.82) is 0 Å². The minimum atomic E-state index is -0.865. The number of hydrogen-bond acceptors (Lipinski definition) is 9. The van der Waals surface area contributed by atoms with E-state index in [1.807, 2.05) is 22.6 Å². The summed E-state index contributed by atoms with van der Waals surface area (Å²) in [5.41, 5.74) is 4.36. The molecule has 5 aliphatic heterocycles. The van der Waals surface area contributed by atoms with Gasteiger partial charge in [-0.15, -0.1) is 0 Å². The van der Waals surface area contributed by atoms with E-state index in [0.717, 1.165) is 104 Å². The van der Waals surface area contributed by atoms with Crippen molar-refractivity contribution in [3.05, 3.63) is 64.4 Å². The SMILES string of the molecule is CCc1c(F)ccc2cc(O)cc(N3CCc4c(nc(OC[C@@]56CCCN5C[C@H](F)C6)nc4N4CCCn5nc(C(=O)N6CCCCC6)cc5C4)C3)c12. The second kappa shape index (κ2) is 13.7. The summed E-state index contributed by atoms with van der Waals surface area (Å²) in [5, 5.41) is 17.1. The van der Waals surface area contributed by atoms with Crippen LogP contribution in [-0.2, 0) is 32.5 Å². The predicted octanol–water partition coefficient (Wildman–Crippen LogP) is 5.79. The predicted molar refractivity (Wildman–Crippen MR) is 198 cm³/mol. The molecule has 1 amide bonds. The molecule has 7 heterocycles. The van der Waals surface area contributed by atoms with Crippen molar-refractivity contribution in [2.45, 2.75) is 96.1 Å². The van der Waals surface area contributed by atoms with Crippen molar-refractivity contribution in [2.75, 3.05) is 55.7 Å². The van der Waals surface area contributed by atoms with Gasteiger partial charge in [0.05, 0.1) is 30.0 Å². The standard InChI is InChI=1S/C40H48F2N8O3/c1-2-30-32(42)9-8-26-18-29(51)20-35(36(26)30)47-17-10-31-34(24-47)43-39(53-25-40-11-6-15-49(40)22-27(41)21-40)44-37(31)48-14-7-16-50-28(23-48)19-33(45-50)38(52)46-12-4-3-5-13-46/h8-9,18-20,27,51H,2-7,10-17,21-25H2,1H3/t27-,40+/m1/s1. The molecule has 0 unspecified atom stereocenters. The molecule has 0 radical (unpaired) electrons. The number of rotatable bonds is 7. The largest absolute Gasteiger partial charge is 0.508 e. The number of hydrogen-bond donors (Lipinski definition) is 1. The molecule has 11 nitrogen and oxygen atoms in total. The zero-order valence-corrected chi connectivity index (χ0v) is 30.5. The highest BCUT2D eigenvalue weighted by atomic mass is 19.1. The van der Waals surface area contributed by atoms with Crippen molar-refractivity contribution in [1.82, 2.24) is 29.5 Å². The Hall–Kier alpha value is -4.52. The van der Waals surface area contributed by atoms with E-state index in [1.54, 1.807) is 18.2 Å². The number of nitrogens with zero attached hydrogens (tertiary/aromatic N) is 8. The third kappa shape index (κ3) is 6.24. The van der Waals surface area contributed by atoms with E-state index in [9.17, 15) is 14.3 Å². The first-order valence-electron chi connectivity index (χ1n) is 19.5. The van der Waals surface area contributed by atoms with Crippen LogP contribution in [0.3, 0.4) is 0 Å². The average molecular weight is 727 g/mol. The minimum absolute atomic E-state index is 0.000337. The van der Waals surface area contributed by atoms with Crippen LogP contribution < -0.4 is 14.5 Å². The first kappa shape index (κ1) is 34.3. The zero-order chi connectivity index (χ0) is 36.3. The fourth-order valence-corrected chi connectivity index (χ4v) is 9.65. The number of alkyl halides is 1. The summed E-state index contributed by atoms with van der Waals surface area (Å²) >= 11 is 0. The quantitative estimate of drug-likeness (QED) is 0.254. The Morgan fingerprint density at radius 2 is 1.85 bits per heavy atom. The number of aryl methyl sites for hydroxylation is 2. The summed E-state index contributed by atoms with van der Waals surface area (Å²) in [6, 6.07) is 8.83. The van der Waals surface area contributed by atoms with Gasteiger partial charge >= 0.3 is 6.01 Å². The number of phenols is 1. The molecule has 3 fully saturated rings. The molecule has 1 N–H and O–H groups in total. The molecule has 9 rings (SSSR count). The summed E-state index contributed by atoms with van der Waals surface area (Å²) in [7, 11) is 0. The Kier molecular flexibility index (Phi) is 8.87. The number of likely N-dealkylation sites (tertiary alicyclic amines) is 1. The van der Waals surface area contributed by atoms with Gasteiger partial charge in [-0.2, -0.15) is 15.1 Å². The van der Waals surface area contributed by atoms with E-state index >= 15 is 4.39 Å². The Morgan fingerprint density at radius 1 is 0.981 bits per heavy atom. The smallest absolute Gasteiger partial charge is 0.318 e. The first-order chi connectivity index (χ1) is 25.8. The third-order valence-electron chi connectivity index (χ3n) is 12.3. The molecule has 2 aromatic carbocycles. The summed E-state index contributed by atoms with van der Waals surface area (Å²) < 4.78 is 38.3. The topological polar surface area (TPSA) is 103 Å². The van der Waals surface area contributed by atoms with Gasteiger partial charge in [-0.25, -0.2) is 8.78 Å². The Bertz CT molecular complexity index is 2050. The van der Waals surface area contributed by atoms with E-state index in [2.05, 4.69) is 14.7 Å². The molecule has 280 valence electrons. The van der Waals surface area contributed by atoms with Crippen LogP contribution in [0.2, 0.25) is 0 Å². The summed E-state index contributed by atoms with van der Waals surface area (Å²) in [5.74, 6) is 0.676. The number of carbonyl (C=O) groups excluding carboxylic acids is 1. The number of benzene rings is 2. The van der Waals surface area contributed by atoms with Crippen LogP contribution in [0.4, 0.5) is 20.3 Å². The van der Waals surface area contributed by atoms with E-state index in [1.165, 1.54) is 6.07 Å². The highest BCUT2D eigenvalue weighted by Gasteiger charge is 2.49. The van der Waals surface area contributed by atoms with Crippen LogP contribution in [0.1, 0.15) is 84.9 Å². The number of aromatic hydroxyl groups is 1. The van der Waals surface area contributed by atoms with Gasteiger partial charge in [-0.05, 0) is 87.1 Å². The summed E-state index contributed by atoms with van der Waals surface area (Å²) in [6.07, 6.45) is 6.67. The maximum absolute atomic E-state index is 15.1. The molecule has 0 bridgehead atoms. The molecule has 2 aromatic heterocycles. The number of phenolic OH excluding ortho intramolecular Hbond substituents is 1. The number of aromatic nitrogens is 4. The Balaban J connectivity index is 1.07. The van der Waals surface area contributed by atoms with Crippen LogP contribution >= 0.6 is 0 Å². The molecule has 53 heavy (non-hydrogen) atoms. The van der Waals surface area contributed by atoms with Crippen LogP contribution in [0, 0.1) is 5.82 Å². The van der Waals surface area contributed by atoms with Gasteiger partial charge in [-0.1, -0.05) is 13.0 Å². The van der Waals surface area contributed by atoms with E-state index in [0.29, 0.717) is 69.9 Å². The lowest BCUT2D eigenvalue weighted by Gasteiger charge is -2.35. The van der Waals surface area contributed by atoms with Crippen LogP contribution in [-0.4, -0.2) is 98.1 Å². The second-order valence-corrected chi connectivity index (χ2v) is 15.6. The normalized spacial score (nSPS) is 23.2. The highest BCUT2D eigenvalue weighted by molar-refractivity contribution is 5.98. The molecule has 13 heteroatoms. The van der Waals surface area contributed by atoms with E-state index in [4.69, 9.17) is 19.8 Å². The van der Waals surface area contributed by atoms with Gasteiger partial charge in [0.1, 0.15) is 30.2 Å². The van der Waals surface area contributed by atoms with Gasteiger partial charge in [-0.3, -0.25) is 14.4 Å². The molecule has 5 aliphatic rings. The van der Waals surface area contributed by atoms with Gasteiger partial charge < -0.3 is 24.5 Å². The van der Waals surface area contributed by atoms with Gasteiger partial charge in [0, 0.05) is 68.4 Å². The molecule has 3 saturated heterocycles. The molecule has 4 aromatic rings. The first-order valence-corrected chi connectivity index (χ1v) is 19.5. The second-order valence-electron chi connectivity index (χ2n) is 15.6. The zero-order valence-electron chi connectivity index (χ0n) is 30.5. The van der Waals surface area contributed by atoms with Crippen molar-refractivity contribution in [2.24, 2.45) is 0 Å². The third-order valence-corrected chi connectivity index (χ3v) is 12.3. The molecule has 0 aliphatic carbocycles. The fraction of sp³-hybridized carbons (Fsp3) is 0.550. The van der Waals surface area contributed by atoms with E-state index in [-0.39, 0.29) is 29.0 Å². The summed E-state index contributed by atoms with van der Waals surface area (Å²) in [4.78, 5) is 32.1. The number of amides is 1. The lowest BCUT2D eigenvalue weighted by molar-refractivity contribution is 0.0717. The lowest BCUT2D eigenvalue weighted by atomic mass is 9.95. The van der Waals surface area contributed by atoms with E-state index < -0.39 is 6.17 Å². The monoisotopic (exact) mass is 726 g/mol. The number of anilines is 2. The lowest BCUT2D eigenvalue weighted by Crippen LogP contribution is -2.43. The molecule has 0 spiro atoms. The number of fused-ring (bicyclic) bond motifs is 4. The number of piperidine rings is 1. The number of carbonyl (C=O) groups is 1. The van der Waals surface area contributed by atoms with Crippen molar-refractivity contribution < 1.29 is 23.4 Å². The highest BCUT2D eigenvalue weighted by Crippen LogP contribution is 2.42. The van der Waals surface area contributed by atoms with Crippen molar-refractivity contribution in [3.63, 3.8) is 0 Å². The van der Waals surface area contributed by atoms with Gasteiger partial charge in [0.2, 0.25) is 0 Å². The molecular formula is C40H48F2N8O3. The van der Waals surface area contributed by atoms with Crippen molar-refractivity contribution in [3.8, 4) is 11.8 Å². The van der Waals surface area contributed by atoms with Crippen molar-refractivity contribution >= 4 is 28.2 Å². The van der Waals surface area contributed by atoms with Gasteiger partial charge in [0.15, 0.2) is 5.69 Å². The van der Waals surface area contributed by atoms with Crippen LogP contribution in [0.5, 0.6) is 11.8 Å². The maximum atomic E-state index is 15.1. The number of ether oxygens (including phenoxy) is 1. The Labute approximate surface area is 308 Å². The van der Waals surface area contributed by atoms with Crippen LogP contribution in [0.15, 0.2) is 30.3 Å². The fourth-order valence-electron chi connectivity index (χ4n) is 9.65. The molecule has 0 saturated carbocycles. The Morgan fingerprint density at radius 3 is 2.70 bits per heavy atom. The minimum Gasteiger partial charge on any atom is -0.508 e. The molecular weight excluding hydrogens is 678 g/mol. The maximum Gasteiger partial charge on any atom is 0.318 e. The number of halogens is 2.